The summed E-state index contributed by atoms with van der Waals surface area (Å²) in [5.74, 6) is 2.23. The van der Waals surface area contributed by atoms with E-state index < -0.39 is 0 Å². The van der Waals surface area contributed by atoms with Gasteiger partial charge in [-0.05, 0) is 117 Å². The Morgan fingerprint density at radius 3 is 2.26 bits per heavy atom. The van der Waals surface area contributed by atoms with Crippen molar-refractivity contribution in [3.63, 3.8) is 0 Å². The zero-order chi connectivity index (χ0) is 29.6. The molecule has 0 radical (unpaired) electrons. The van der Waals surface area contributed by atoms with Crippen LogP contribution in [-0.4, -0.2) is 29.8 Å². The van der Waals surface area contributed by atoms with E-state index >= 15 is 0 Å². The molecule has 0 unspecified atom stereocenters. The number of benzene rings is 3. The number of ether oxygens (including phenoxy) is 2. The molecule has 8 heteroatoms. The number of aromatic nitrogens is 1. The number of hydrogen-bond donors (Lipinski definition) is 1. The molecule has 0 bridgehead atoms. The number of likely N-dealkylation sites (N-methyl/N-ethyl adjacent to an activating group) is 1. The summed E-state index contributed by atoms with van der Waals surface area (Å²) in [6.45, 7) is 6.58. The first kappa shape index (κ1) is 28.1. The molecule has 0 spiro atoms. The summed E-state index contributed by atoms with van der Waals surface area (Å²) >= 11 is 13.1. The normalized spacial score (nSPS) is 19.2. The molecule has 2 aliphatic heterocycles. The molecule has 1 saturated heterocycles. The van der Waals surface area contributed by atoms with Gasteiger partial charge in [0, 0.05) is 35.2 Å². The molecule has 3 aromatic carbocycles. The van der Waals surface area contributed by atoms with Crippen molar-refractivity contribution in [2.45, 2.75) is 38.4 Å². The molecule has 3 heterocycles. The monoisotopic (exact) mass is 596 g/mol. The molecule has 1 fully saturated rings. The van der Waals surface area contributed by atoms with Crippen LogP contribution in [0.15, 0.2) is 91.1 Å². The molecule has 1 aromatic heterocycles. The smallest absolute Gasteiger partial charge is 0.174 e. The maximum Gasteiger partial charge on any atom is 0.174 e. The van der Waals surface area contributed by atoms with Crippen LogP contribution in [0.5, 0.6) is 17.2 Å². The summed E-state index contributed by atoms with van der Waals surface area (Å²) in [4.78, 5) is 9.10. The zero-order valence-corrected chi connectivity index (χ0v) is 25.8. The van der Waals surface area contributed by atoms with E-state index in [1.807, 2.05) is 72.9 Å². The maximum atomic E-state index is 7.14. The summed E-state index contributed by atoms with van der Waals surface area (Å²) in [7, 11) is 3.76. The van der Waals surface area contributed by atoms with Crippen LogP contribution in [0.3, 0.4) is 0 Å². The molecule has 214 valence electrons. The molecular formula is C34H33ClN4O2S. The SMILES string of the molecule is COc1ccc(Oc2ccc(N3C(=S)N[C@@H](c4ccccn4)[C@@H]3c3cc4c(cc3Cl)N(C)C(C)(C)C=C4C)cc2)cc1. The topological polar surface area (TPSA) is 49.9 Å². The van der Waals surface area contributed by atoms with Crippen LogP contribution in [0.25, 0.3) is 5.57 Å². The Labute approximate surface area is 257 Å². The standard InChI is InChI=1S/C34H33ClN4O2S/c1-21-20-34(2,3)38(4)30-19-28(35)27(18-26(21)30)32-31(29-8-6-7-17-36-29)37-33(42)39(32)22-9-11-24(12-10-22)41-25-15-13-23(40-5)14-16-25/h6-20,31-32H,1-5H3,(H,37,42)/t31-,32-/m0/s1. The van der Waals surface area contributed by atoms with Crippen molar-refractivity contribution >= 4 is 45.9 Å². The Hall–Kier alpha value is -4.07. The highest BCUT2D eigenvalue weighted by molar-refractivity contribution is 7.80. The van der Waals surface area contributed by atoms with E-state index in [0.29, 0.717) is 10.1 Å². The van der Waals surface area contributed by atoms with Crippen LogP contribution in [0.4, 0.5) is 11.4 Å². The second-order valence-corrected chi connectivity index (χ2v) is 12.0. The first-order chi connectivity index (χ1) is 20.2. The molecule has 2 aliphatic rings. The van der Waals surface area contributed by atoms with E-state index in [-0.39, 0.29) is 17.6 Å². The van der Waals surface area contributed by atoms with Gasteiger partial charge < -0.3 is 24.6 Å². The second-order valence-electron chi connectivity index (χ2n) is 11.2. The highest BCUT2D eigenvalue weighted by atomic mass is 35.5. The van der Waals surface area contributed by atoms with E-state index in [4.69, 9.17) is 38.3 Å². The molecule has 2 atom stereocenters. The quantitative estimate of drug-likeness (QED) is 0.224. The van der Waals surface area contributed by atoms with Gasteiger partial charge in [-0.25, -0.2) is 0 Å². The Balaban J connectivity index is 1.40. The summed E-state index contributed by atoms with van der Waals surface area (Å²) in [5.41, 5.74) is 6.19. The minimum absolute atomic E-state index is 0.115. The Bertz CT molecular complexity index is 1660. The Kier molecular flexibility index (Phi) is 7.33. The fourth-order valence-electron chi connectivity index (χ4n) is 5.82. The zero-order valence-electron chi connectivity index (χ0n) is 24.3. The van der Waals surface area contributed by atoms with Crippen LogP contribution in [0.2, 0.25) is 5.02 Å². The van der Waals surface area contributed by atoms with Crippen LogP contribution >= 0.6 is 23.8 Å². The Morgan fingerprint density at radius 1 is 0.952 bits per heavy atom. The molecule has 0 aliphatic carbocycles. The van der Waals surface area contributed by atoms with Gasteiger partial charge in [-0.15, -0.1) is 0 Å². The number of methoxy groups -OCH3 is 1. The van der Waals surface area contributed by atoms with Crippen molar-refractivity contribution < 1.29 is 9.47 Å². The summed E-state index contributed by atoms with van der Waals surface area (Å²) in [5, 5.41) is 4.84. The van der Waals surface area contributed by atoms with Crippen molar-refractivity contribution in [1.82, 2.24) is 10.3 Å². The van der Waals surface area contributed by atoms with Crippen LogP contribution < -0.4 is 24.6 Å². The largest absolute Gasteiger partial charge is 0.497 e. The van der Waals surface area contributed by atoms with E-state index in [1.165, 1.54) is 5.57 Å². The lowest BCUT2D eigenvalue weighted by Gasteiger charge is -2.41. The first-order valence-corrected chi connectivity index (χ1v) is 14.6. The van der Waals surface area contributed by atoms with Gasteiger partial charge in [0.1, 0.15) is 17.2 Å². The predicted octanol–water partition coefficient (Wildman–Crippen LogP) is 8.34. The van der Waals surface area contributed by atoms with Gasteiger partial charge in [0.25, 0.3) is 0 Å². The summed E-state index contributed by atoms with van der Waals surface area (Å²) < 4.78 is 11.3. The second kappa shape index (κ2) is 11.0. The number of allylic oxidation sites excluding steroid dienone is 1. The number of anilines is 2. The molecule has 6 nitrogen and oxygen atoms in total. The number of fused-ring (bicyclic) bond motifs is 1. The number of pyridine rings is 1. The first-order valence-electron chi connectivity index (χ1n) is 13.9. The summed E-state index contributed by atoms with van der Waals surface area (Å²) in [6, 6.07) is 25.3. The molecule has 4 aromatic rings. The number of halogens is 1. The number of hydrogen-bond acceptors (Lipinski definition) is 5. The molecule has 42 heavy (non-hydrogen) atoms. The molecule has 1 N–H and O–H groups in total. The van der Waals surface area contributed by atoms with E-state index in [1.54, 1.807) is 7.11 Å². The van der Waals surface area contributed by atoms with Crippen LogP contribution in [-0.2, 0) is 0 Å². The van der Waals surface area contributed by atoms with Crippen molar-refractivity contribution in [2.24, 2.45) is 0 Å². The highest BCUT2D eigenvalue weighted by Crippen LogP contribution is 2.48. The number of nitrogens with one attached hydrogen (secondary N) is 1. The van der Waals surface area contributed by atoms with Gasteiger partial charge in [-0.1, -0.05) is 23.7 Å². The van der Waals surface area contributed by atoms with E-state index in [9.17, 15) is 0 Å². The third kappa shape index (κ3) is 5.08. The van der Waals surface area contributed by atoms with Gasteiger partial charge >= 0.3 is 0 Å². The van der Waals surface area contributed by atoms with Crippen LogP contribution in [0, 0.1) is 0 Å². The molecular weight excluding hydrogens is 564 g/mol. The fourth-order valence-corrected chi connectivity index (χ4v) is 6.43. The lowest BCUT2D eigenvalue weighted by molar-refractivity contribution is 0.413. The highest BCUT2D eigenvalue weighted by Gasteiger charge is 2.42. The molecule has 6 rings (SSSR count). The molecule has 0 amide bonds. The summed E-state index contributed by atoms with van der Waals surface area (Å²) in [6.07, 6.45) is 4.11. The number of rotatable bonds is 6. The minimum atomic E-state index is -0.230. The lowest BCUT2D eigenvalue weighted by Crippen LogP contribution is -2.42. The Morgan fingerprint density at radius 2 is 1.62 bits per heavy atom. The van der Waals surface area contributed by atoms with Gasteiger partial charge in [0.05, 0.1) is 30.4 Å². The van der Waals surface area contributed by atoms with E-state index in [2.05, 4.69) is 61.1 Å². The van der Waals surface area contributed by atoms with Gasteiger partial charge in [-0.2, -0.15) is 0 Å². The van der Waals surface area contributed by atoms with Crippen LogP contribution in [0.1, 0.15) is 49.7 Å². The van der Waals surface area contributed by atoms with Crippen molar-refractivity contribution in [2.75, 3.05) is 24.0 Å². The third-order valence-corrected chi connectivity index (χ3v) is 8.80. The number of nitrogens with zero attached hydrogens (tertiary/aromatic N) is 3. The van der Waals surface area contributed by atoms with Crippen molar-refractivity contribution in [1.29, 1.82) is 0 Å². The fraction of sp³-hybridized carbons (Fsp3) is 0.235. The van der Waals surface area contributed by atoms with Gasteiger partial charge in [0.2, 0.25) is 0 Å². The maximum absolute atomic E-state index is 7.14. The molecule has 0 saturated carbocycles. The average Bonchev–Trinajstić information content (AvgIpc) is 3.33. The van der Waals surface area contributed by atoms with Gasteiger partial charge in [-0.3, -0.25) is 4.98 Å². The lowest BCUT2D eigenvalue weighted by atomic mass is 9.86. The van der Waals surface area contributed by atoms with E-state index in [0.717, 1.165) is 45.4 Å². The van der Waals surface area contributed by atoms with Crippen molar-refractivity contribution in [3.8, 4) is 17.2 Å². The van der Waals surface area contributed by atoms with Crippen molar-refractivity contribution in [3.05, 3.63) is 113 Å². The average molecular weight is 597 g/mol. The predicted molar refractivity (Wildman–Crippen MR) is 175 cm³/mol. The number of thiocarbonyl (C=S) groups is 1. The van der Waals surface area contributed by atoms with Gasteiger partial charge in [0.15, 0.2) is 5.11 Å². The third-order valence-electron chi connectivity index (χ3n) is 8.16. The minimum Gasteiger partial charge on any atom is -0.497 e.